The van der Waals surface area contributed by atoms with Crippen molar-refractivity contribution in [3.8, 4) is 0 Å². The zero-order valence-electron chi connectivity index (χ0n) is 19.5. The smallest absolute Gasteiger partial charge is 0.229 e. The van der Waals surface area contributed by atoms with Crippen LogP contribution in [0.1, 0.15) is 11.1 Å². The first-order chi connectivity index (χ1) is 15.7. The summed E-state index contributed by atoms with van der Waals surface area (Å²) in [6, 6.07) is 13.5. The maximum Gasteiger partial charge on any atom is 0.229 e. The summed E-state index contributed by atoms with van der Waals surface area (Å²) in [7, 11) is -1.16. The SMILES string of the molecule is Cc1ccc(Nc2nc(Nc3ccc(N4CCN(C)CC4)cc3)ncc2C)cc1S(C)(=O)=O. The molecule has 33 heavy (non-hydrogen) atoms. The standard InChI is InChI=1S/C24H30N6O2S/c1-17-5-6-20(15-22(17)33(4,31)32)26-23-18(2)16-25-24(28-23)27-19-7-9-21(10-8-19)30-13-11-29(3)12-14-30/h5-10,15-16H,11-14H2,1-4H3,(H2,25,26,27,28). The second-order valence-electron chi connectivity index (χ2n) is 8.56. The molecule has 9 heteroatoms. The molecular weight excluding hydrogens is 436 g/mol. The lowest BCUT2D eigenvalue weighted by molar-refractivity contribution is 0.313. The van der Waals surface area contributed by atoms with Gasteiger partial charge in [0.2, 0.25) is 5.95 Å². The molecule has 1 saturated heterocycles. The molecule has 4 rings (SSSR count). The average Bonchev–Trinajstić information content (AvgIpc) is 2.78. The van der Waals surface area contributed by atoms with E-state index < -0.39 is 9.84 Å². The number of nitrogens with zero attached hydrogens (tertiary/aromatic N) is 4. The van der Waals surface area contributed by atoms with Crippen LogP contribution >= 0.6 is 0 Å². The molecule has 1 aromatic heterocycles. The third-order valence-corrected chi connectivity index (χ3v) is 7.05. The Balaban J connectivity index is 1.49. The summed E-state index contributed by atoms with van der Waals surface area (Å²) in [5, 5.41) is 6.48. The third kappa shape index (κ3) is 5.61. The lowest BCUT2D eigenvalue weighted by atomic mass is 10.2. The fraction of sp³-hybridized carbons (Fsp3) is 0.333. The van der Waals surface area contributed by atoms with Gasteiger partial charge >= 0.3 is 0 Å². The number of nitrogens with one attached hydrogen (secondary N) is 2. The van der Waals surface area contributed by atoms with Crippen molar-refractivity contribution < 1.29 is 8.42 Å². The molecule has 8 nitrogen and oxygen atoms in total. The van der Waals surface area contributed by atoms with Crippen LogP contribution in [0.2, 0.25) is 0 Å². The zero-order valence-corrected chi connectivity index (χ0v) is 20.3. The predicted molar refractivity (Wildman–Crippen MR) is 134 cm³/mol. The van der Waals surface area contributed by atoms with Gasteiger partial charge in [0.25, 0.3) is 0 Å². The van der Waals surface area contributed by atoms with Crippen molar-refractivity contribution in [1.29, 1.82) is 0 Å². The third-order valence-electron chi connectivity index (χ3n) is 5.81. The number of hydrogen-bond donors (Lipinski definition) is 2. The molecule has 0 amide bonds. The van der Waals surface area contributed by atoms with Crippen LogP contribution < -0.4 is 15.5 Å². The van der Waals surface area contributed by atoms with Gasteiger partial charge in [0.1, 0.15) is 5.82 Å². The molecule has 0 saturated carbocycles. The Labute approximate surface area is 195 Å². The number of sulfone groups is 1. The van der Waals surface area contributed by atoms with Crippen molar-refractivity contribution >= 4 is 38.7 Å². The van der Waals surface area contributed by atoms with Crippen LogP contribution in [0, 0.1) is 13.8 Å². The highest BCUT2D eigenvalue weighted by molar-refractivity contribution is 7.90. The van der Waals surface area contributed by atoms with Crippen LogP contribution in [-0.2, 0) is 9.84 Å². The number of hydrogen-bond acceptors (Lipinski definition) is 8. The van der Waals surface area contributed by atoms with E-state index in [-0.39, 0.29) is 0 Å². The first kappa shape index (κ1) is 23.0. The van der Waals surface area contributed by atoms with E-state index in [1.165, 1.54) is 11.9 Å². The van der Waals surface area contributed by atoms with E-state index in [1.54, 1.807) is 25.3 Å². The van der Waals surface area contributed by atoms with Gasteiger partial charge in [-0.05, 0) is 62.9 Å². The van der Waals surface area contributed by atoms with E-state index in [0.29, 0.717) is 27.9 Å². The summed E-state index contributed by atoms with van der Waals surface area (Å²) in [5.41, 5.74) is 4.34. The fourth-order valence-corrected chi connectivity index (χ4v) is 4.79. The van der Waals surface area contributed by atoms with E-state index in [9.17, 15) is 8.42 Å². The topological polar surface area (TPSA) is 90.5 Å². The zero-order chi connectivity index (χ0) is 23.6. The van der Waals surface area contributed by atoms with Crippen LogP contribution in [-0.4, -0.2) is 62.8 Å². The van der Waals surface area contributed by atoms with Crippen molar-refractivity contribution in [3.05, 3.63) is 59.8 Å². The maximum absolute atomic E-state index is 12.1. The van der Waals surface area contributed by atoms with Gasteiger partial charge in [0.05, 0.1) is 4.90 Å². The van der Waals surface area contributed by atoms with Gasteiger partial charge in [-0.25, -0.2) is 13.4 Å². The Kier molecular flexibility index (Phi) is 6.53. The molecule has 0 unspecified atom stereocenters. The van der Waals surface area contributed by atoms with Gasteiger partial charge in [0.15, 0.2) is 9.84 Å². The maximum atomic E-state index is 12.1. The molecule has 0 spiro atoms. The summed E-state index contributed by atoms with van der Waals surface area (Å²) in [5.74, 6) is 1.08. The van der Waals surface area contributed by atoms with Crippen LogP contribution in [0.4, 0.5) is 28.8 Å². The summed E-state index contributed by atoms with van der Waals surface area (Å²) in [6.07, 6.45) is 2.95. The van der Waals surface area contributed by atoms with Crippen molar-refractivity contribution in [3.63, 3.8) is 0 Å². The molecule has 2 aromatic carbocycles. The molecular formula is C24H30N6O2S. The second-order valence-corrected chi connectivity index (χ2v) is 10.5. The predicted octanol–water partition coefficient (Wildman–Crippen LogP) is 3.74. The molecule has 1 aliphatic rings. The van der Waals surface area contributed by atoms with Gasteiger partial charge in [0, 0.05) is 61.3 Å². The van der Waals surface area contributed by atoms with Gasteiger partial charge in [-0.2, -0.15) is 4.98 Å². The van der Waals surface area contributed by atoms with Crippen molar-refractivity contribution in [2.24, 2.45) is 0 Å². The van der Waals surface area contributed by atoms with Gasteiger partial charge in [-0.15, -0.1) is 0 Å². The Morgan fingerprint density at radius 1 is 0.879 bits per heavy atom. The summed E-state index contributed by atoms with van der Waals surface area (Å²) < 4.78 is 24.1. The molecule has 0 bridgehead atoms. The summed E-state index contributed by atoms with van der Waals surface area (Å²) in [6.45, 7) is 7.88. The van der Waals surface area contributed by atoms with Crippen molar-refractivity contribution in [2.75, 3.05) is 55.0 Å². The molecule has 174 valence electrons. The minimum Gasteiger partial charge on any atom is -0.369 e. The van der Waals surface area contributed by atoms with Gasteiger partial charge in [-0.1, -0.05) is 6.07 Å². The van der Waals surface area contributed by atoms with Crippen molar-refractivity contribution in [2.45, 2.75) is 18.7 Å². The Hall–Kier alpha value is -3.17. The highest BCUT2D eigenvalue weighted by atomic mass is 32.2. The van der Waals surface area contributed by atoms with Crippen LogP contribution in [0.15, 0.2) is 53.6 Å². The number of aryl methyl sites for hydroxylation is 2. The Morgan fingerprint density at radius 2 is 1.55 bits per heavy atom. The summed E-state index contributed by atoms with van der Waals surface area (Å²) in [4.78, 5) is 14.0. The van der Waals surface area contributed by atoms with E-state index >= 15 is 0 Å². The van der Waals surface area contributed by atoms with Crippen LogP contribution in [0.3, 0.4) is 0 Å². The number of benzene rings is 2. The normalized spacial score (nSPS) is 14.8. The lowest BCUT2D eigenvalue weighted by Crippen LogP contribution is -2.44. The lowest BCUT2D eigenvalue weighted by Gasteiger charge is -2.34. The number of piperazine rings is 1. The highest BCUT2D eigenvalue weighted by Gasteiger charge is 2.15. The Bertz CT molecular complexity index is 1240. The molecule has 1 fully saturated rings. The monoisotopic (exact) mass is 466 g/mol. The number of rotatable bonds is 6. The van der Waals surface area contributed by atoms with Crippen molar-refractivity contribution in [1.82, 2.24) is 14.9 Å². The van der Waals surface area contributed by atoms with E-state index in [2.05, 4.69) is 49.6 Å². The largest absolute Gasteiger partial charge is 0.369 e. The Morgan fingerprint density at radius 3 is 2.21 bits per heavy atom. The molecule has 2 N–H and O–H groups in total. The molecule has 0 radical (unpaired) electrons. The fourth-order valence-electron chi connectivity index (χ4n) is 3.79. The molecule has 1 aliphatic heterocycles. The second kappa shape index (κ2) is 9.36. The highest BCUT2D eigenvalue weighted by Crippen LogP contribution is 2.26. The first-order valence-corrected chi connectivity index (χ1v) is 12.8. The van der Waals surface area contributed by atoms with E-state index in [4.69, 9.17) is 0 Å². The summed E-state index contributed by atoms with van der Waals surface area (Å²) >= 11 is 0. The number of likely N-dealkylation sites (N-methyl/N-ethyl adjacent to an activating group) is 1. The van der Waals surface area contributed by atoms with E-state index in [1.807, 2.05) is 25.1 Å². The minimum atomic E-state index is -3.31. The van der Waals surface area contributed by atoms with E-state index in [0.717, 1.165) is 37.4 Å². The minimum absolute atomic E-state index is 0.304. The molecule has 2 heterocycles. The van der Waals surface area contributed by atoms with Gasteiger partial charge < -0.3 is 20.4 Å². The quantitative estimate of drug-likeness (QED) is 0.568. The molecule has 3 aromatic rings. The van der Waals surface area contributed by atoms with Gasteiger partial charge in [-0.3, -0.25) is 0 Å². The molecule has 0 aliphatic carbocycles. The number of anilines is 5. The van der Waals surface area contributed by atoms with Crippen LogP contribution in [0.25, 0.3) is 0 Å². The van der Waals surface area contributed by atoms with Crippen LogP contribution in [0.5, 0.6) is 0 Å². The average molecular weight is 467 g/mol. The first-order valence-electron chi connectivity index (χ1n) is 10.9. The molecule has 0 atom stereocenters. The number of aromatic nitrogens is 2.